The summed E-state index contributed by atoms with van der Waals surface area (Å²) in [6.45, 7) is 3.86. The van der Waals surface area contributed by atoms with Crippen molar-refractivity contribution in [3.63, 3.8) is 0 Å². The van der Waals surface area contributed by atoms with Gasteiger partial charge >= 0.3 is 0 Å². The van der Waals surface area contributed by atoms with Gasteiger partial charge in [-0.3, -0.25) is 0 Å². The Balaban J connectivity index is 1.29. The summed E-state index contributed by atoms with van der Waals surface area (Å²) >= 11 is 0. The molecular weight excluding hydrogens is 368 g/mol. The zero-order valence-electron chi connectivity index (χ0n) is 16.6. The van der Waals surface area contributed by atoms with E-state index in [-0.39, 0.29) is 0 Å². The molecule has 29 heavy (non-hydrogen) atoms. The molecule has 0 bridgehead atoms. The van der Waals surface area contributed by atoms with E-state index in [0.717, 1.165) is 32.6 Å². The molecule has 0 spiro atoms. The highest BCUT2D eigenvalue weighted by Gasteiger charge is 2.12. The van der Waals surface area contributed by atoms with Gasteiger partial charge in [-0.15, -0.1) is 0 Å². The molecule has 3 rings (SSSR count). The predicted octanol–water partition coefficient (Wildman–Crippen LogP) is 2.30. The Labute approximate surface area is 171 Å². The lowest BCUT2D eigenvalue weighted by molar-refractivity contribution is 0.224. The van der Waals surface area contributed by atoms with Crippen molar-refractivity contribution in [1.82, 2.24) is 9.80 Å². The van der Waals surface area contributed by atoms with Crippen LogP contribution in [0.3, 0.4) is 0 Å². The van der Waals surface area contributed by atoms with Crippen LogP contribution in [0.5, 0.6) is 11.5 Å². The van der Waals surface area contributed by atoms with Gasteiger partial charge < -0.3 is 42.2 Å². The van der Waals surface area contributed by atoms with E-state index < -0.39 is 0 Å². The summed E-state index contributed by atoms with van der Waals surface area (Å²) in [6.07, 6.45) is 5.99. The third kappa shape index (κ3) is 6.03. The average Bonchev–Trinajstić information content (AvgIpc) is 3.15. The van der Waals surface area contributed by atoms with Gasteiger partial charge in [-0.2, -0.15) is 0 Å². The molecule has 2 aromatic carbocycles. The number of nitrogen functional groups attached to an aromatic ring is 4. The van der Waals surface area contributed by atoms with Crippen molar-refractivity contribution < 1.29 is 9.47 Å². The zero-order valence-corrected chi connectivity index (χ0v) is 16.6. The lowest BCUT2D eigenvalue weighted by Gasteiger charge is -2.21. The van der Waals surface area contributed by atoms with Crippen LogP contribution < -0.4 is 32.4 Å². The van der Waals surface area contributed by atoms with Crippen molar-refractivity contribution in [3.8, 4) is 11.5 Å². The van der Waals surface area contributed by atoms with Gasteiger partial charge in [0.05, 0.1) is 31.3 Å². The van der Waals surface area contributed by atoms with E-state index in [1.165, 1.54) is 0 Å². The Morgan fingerprint density at radius 2 is 1.14 bits per heavy atom. The molecule has 0 fully saturated rings. The van der Waals surface area contributed by atoms with Crippen LogP contribution in [0.25, 0.3) is 0 Å². The molecule has 2 aromatic rings. The number of nitrogens with zero attached hydrogens (tertiary/aromatic N) is 2. The summed E-state index contributed by atoms with van der Waals surface area (Å²) < 4.78 is 11.5. The van der Waals surface area contributed by atoms with Crippen LogP contribution in [0.4, 0.5) is 22.7 Å². The van der Waals surface area contributed by atoms with E-state index in [0.29, 0.717) is 47.5 Å². The normalized spacial score (nSPS) is 13.1. The van der Waals surface area contributed by atoms with E-state index in [4.69, 9.17) is 32.4 Å². The topological polar surface area (TPSA) is 129 Å². The van der Waals surface area contributed by atoms with Gasteiger partial charge in [0, 0.05) is 49.0 Å². The van der Waals surface area contributed by atoms with Gasteiger partial charge in [-0.25, -0.2) is 0 Å². The summed E-state index contributed by atoms with van der Waals surface area (Å²) in [5, 5.41) is 0. The monoisotopic (exact) mass is 398 g/mol. The minimum Gasteiger partial charge on any atom is -0.491 e. The lowest BCUT2D eigenvalue weighted by atomic mass is 10.2. The molecule has 8 N–H and O–H groups in total. The third-order valence-corrected chi connectivity index (χ3v) is 4.62. The first-order chi connectivity index (χ1) is 14.0. The summed E-state index contributed by atoms with van der Waals surface area (Å²) in [5.74, 6) is 1.29. The number of hydrogen-bond acceptors (Lipinski definition) is 8. The predicted molar refractivity (Wildman–Crippen MR) is 118 cm³/mol. The molecule has 0 unspecified atom stereocenters. The molecule has 1 heterocycles. The molecule has 8 nitrogen and oxygen atoms in total. The largest absolute Gasteiger partial charge is 0.491 e. The van der Waals surface area contributed by atoms with Crippen molar-refractivity contribution in [3.05, 3.63) is 48.8 Å². The Morgan fingerprint density at radius 1 is 0.690 bits per heavy atom. The SMILES string of the molecule is Nc1ccc(N)c(OCCCN2C=CN(CCCOc3cc(N)ccc3N)C2)c1. The quantitative estimate of drug-likeness (QED) is 0.354. The molecule has 1 aliphatic rings. The molecule has 0 aromatic heterocycles. The van der Waals surface area contributed by atoms with Crippen molar-refractivity contribution in [2.45, 2.75) is 12.8 Å². The standard InChI is InChI=1S/C21H30N6O2/c22-16-3-5-18(24)20(13-16)28-11-1-7-26-9-10-27(15-26)8-2-12-29-21-14-17(23)4-6-19(21)25/h3-6,9-10,13-14H,1-2,7-8,11-12,15,22-25H2. The highest BCUT2D eigenvalue weighted by molar-refractivity contribution is 5.60. The Kier molecular flexibility index (Phi) is 6.78. The van der Waals surface area contributed by atoms with E-state index in [1.807, 2.05) is 0 Å². The van der Waals surface area contributed by atoms with Crippen molar-refractivity contribution in [2.24, 2.45) is 0 Å². The number of benzene rings is 2. The second kappa shape index (κ2) is 9.68. The molecule has 156 valence electrons. The maximum absolute atomic E-state index is 5.89. The minimum absolute atomic E-state index is 0.591. The minimum atomic E-state index is 0.591. The fourth-order valence-corrected chi connectivity index (χ4v) is 3.06. The molecule has 0 amide bonds. The smallest absolute Gasteiger partial charge is 0.144 e. The van der Waals surface area contributed by atoms with Gasteiger partial charge in [0.15, 0.2) is 0 Å². The average molecular weight is 399 g/mol. The molecular formula is C21H30N6O2. The number of ether oxygens (including phenoxy) is 2. The van der Waals surface area contributed by atoms with Crippen LogP contribution in [0.15, 0.2) is 48.8 Å². The van der Waals surface area contributed by atoms with E-state index in [1.54, 1.807) is 36.4 Å². The molecule has 8 heteroatoms. The fraction of sp³-hybridized carbons (Fsp3) is 0.333. The van der Waals surface area contributed by atoms with Gasteiger partial charge in [0.25, 0.3) is 0 Å². The van der Waals surface area contributed by atoms with Crippen LogP contribution in [-0.2, 0) is 0 Å². The van der Waals surface area contributed by atoms with Crippen LogP contribution in [0.2, 0.25) is 0 Å². The molecule has 0 saturated heterocycles. The molecule has 0 radical (unpaired) electrons. The van der Waals surface area contributed by atoms with E-state index in [2.05, 4.69) is 22.2 Å². The highest BCUT2D eigenvalue weighted by atomic mass is 16.5. The third-order valence-electron chi connectivity index (χ3n) is 4.62. The lowest BCUT2D eigenvalue weighted by Crippen LogP contribution is -2.28. The molecule has 0 aliphatic carbocycles. The second-order valence-electron chi connectivity index (χ2n) is 7.06. The highest BCUT2D eigenvalue weighted by Crippen LogP contribution is 2.25. The van der Waals surface area contributed by atoms with Crippen LogP contribution in [0, 0.1) is 0 Å². The van der Waals surface area contributed by atoms with E-state index >= 15 is 0 Å². The van der Waals surface area contributed by atoms with Crippen molar-refractivity contribution >= 4 is 22.7 Å². The van der Waals surface area contributed by atoms with Crippen LogP contribution in [-0.4, -0.2) is 42.8 Å². The van der Waals surface area contributed by atoms with Crippen molar-refractivity contribution in [2.75, 3.05) is 55.9 Å². The van der Waals surface area contributed by atoms with Gasteiger partial charge in [-0.05, 0) is 37.1 Å². The van der Waals surface area contributed by atoms with E-state index in [9.17, 15) is 0 Å². The number of rotatable bonds is 10. The maximum Gasteiger partial charge on any atom is 0.144 e. The summed E-state index contributed by atoms with van der Waals surface area (Å²) in [6, 6.07) is 10.6. The molecule has 0 saturated carbocycles. The first-order valence-corrected chi connectivity index (χ1v) is 9.73. The van der Waals surface area contributed by atoms with Gasteiger partial charge in [0.1, 0.15) is 11.5 Å². The molecule has 1 aliphatic heterocycles. The zero-order chi connectivity index (χ0) is 20.6. The Hall–Kier alpha value is -3.42. The second-order valence-corrected chi connectivity index (χ2v) is 7.06. The number of anilines is 4. The van der Waals surface area contributed by atoms with Crippen LogP contribution in [0.1, 0.15) is 12.8 Å². The first kappa shape index (κ1) is 20.3. The van der Waals surface area contributed by atoms with Crippen molar-refractivity contribution in [1.29, 1.82) is 0 Å². The summed E-state index contributed by atoms with van der Waals surface area (Å²) in [4.78, 5) is 4.51. The molecule has 0 atom stereocenters. The number of hydrogen-bond donors (Lipinski definition) is 4. The fourth-order valence-electron chi connectivity index (χ4n) is 3.06. The first-order valence-electron chi connectivity index (χ1n) is 9.73. The van der Waals surface area contributed by atoms with Crippen LogP contribution >= 0.6 is 0 Å². The van der Waals surface area contributed by atoms with Gasteiger partial charge in [0.2, 0.25) is 0 Å². The van der Waals surface area contributed by atoms with Gasteiger partial charge in [-0.1, -0.05) is 0 Å². The summed E-state index contributed by atoms with van der Waals surface area (Å²) in [7, 11) is 0. The Bertz CT molecular complexity index is 774. The maximum atomic E-state index is 5.89. The Morgan fingerprint density at radius 3 is 1.59 bits per heavy atom. The number of nitrogens with two attached hydrogens (primary N) is 4. The summed E-state index contributed by atoms with van der Waals surface area (Å²) in [5.41, 5.74) is 25.8.